The minimum atomic E-state index is -4.18. The number of benzene rings is 3. The number of nitrogens with one attached hydrogen (secondary N) is 1. The van der Waals surface area contributed by atoms with Crippen molar-refractivity contribution in [3.63, 3.8) is 0 Å². The van der Waals surface area contributed by atoms with Crippen molar-refractivity contribution in [3.05, 3.63) is 83.9 Å². The molecule has 3 rings (SSSR count). The maximum absolute atomic E-state index is 13.9. The number of sulfonamides is 1. The molecule has 0 fully saturated rings. The van der Waals surface area contributed by atoms with E-state index in [4.69, 9.17) is 9.47 Å². The lowest BCUT2D eigenvalue weighted by Crippen LogP contribution is -2.50. The smallest absolute Gasteiger partial charge is 0.264 e. The van der Waals surface area contributed by atoms with Gasteiger partial charge in [0.05, 0.1) is 24.8 Å². The number of carbonyl (C=O) groups is 2. The second-order valence-corrected chi connectivity index (χ2v) is 10.5. The Morgan fingerprint density at radius 1 is 0.921 bits per heavy atom. The molecule has 0 saturated carbocycles. The number of likely N-dealkylation sites (N-methyl/N-ethyl adjacent to an activating group) is 1. The first kappa shape index (κ1) is 28.5. The van der Waals surface area contributed by atoms with Crippen molar-refractivity contribution in [2.45, 2.75) is 31.3 Å². The lowest BCUT2D eigenvalue weighted by molar-refractivity contribution is -0.139. The Morgan fingerprint density at radius 2 is 1.55 bits per heavy atom. The van der Waals surface area contributed by atoms with Gasteiger partial charge in [-0.25, -0.2) is 8.42 Å². The zero-order valence-corrected chi connectivity index (χ0v) is 23.0. The normalized spacial score (nSPS) is 11.8. The van der Waals surface area contributed by atoms with Crippen LogP contribution < -0.4 is 19.1 Å². The van der Waals surface area contributed by atoms with Crippen LogP contribution in [0, 0.1) is 6.92 Å². The standard InChI is InChI=1S/C28H33N3O6S/c1-20-10-16-24(17-11-20)38(34,35)31(25-8-6-7-9-26(25)37-5)19-27(32)30(21(2)28(33)29-3)18-22-12-14-23(36-4)15-13-22/h6-17,21H,18-19H2,1-5H3,(H,29,33). The lowest BCUT2D eigenvalue weighted by atomic mass is 10.1. The molecule has 0 aliphatic carbocycles. The predicted molar refractivity (Wildman–Crippen MR) is 146 cm³/mol. The maximum Gasteiger partial charge on any atom is 0.264 e. The van der Waals surface area contributed by atoms with Gasteiger partial charge in [-0.3, -0.25) is 13.9 Å². The Bertz CT molecular complexity index is 1360. The summed E-state index contributed by atoms with van der Waals surface area (Å²) in [6, 6.07) is 19.2. The first-order chi connectivity index (χ1) is 18.1. The van der Waals surface area contributed by atoms with Crippen molar-refractivity contribution in [3.8, 4) is 11.5 Å². The number of ether oxygens (including phenoxy) is 2. The first-order valence-corrected chi connectivity index (χ1v) is 13.4. The Morgan fingerprint density at radius 3 is 2.13 bits per heavy atom. The number of carbonyl (C=O) groups excluding carboxylic acids is 2. The molecule has 3 aromatic carbocycles. The van der Waals surface area contributed by atoms with Crippen LogP contribution in [0.25, 0.3) is 0 Å². The van der Waals surface area contributed by atoms with Crippen LogP contribution in [-0.2, 0) is 26.2 Å². The number of para-hydroxylation sites is 2. The molecule has 202 valence electrons. The van der Waals surface area contributed by atoms with E-state index in [0.29, 0.717) is 5.75 Å². The molecule has 1 N–H and O–H groups in total. The lowest BCUT2D eigenvalue weighted by Gasteiger charge is -2.32. The summed E-state index contributed by atoms with van der Waals surface area (Å²) in [6.07, 6.45) is 0. The van der Waals surface area contributed by atoms with Crippen LogP contribution in [0.3, 0.4) is 0 Å². The highest BCUT2D eigenvalue weighted by atomic mass is 32.2. The quantitative estimate of drug-likeness (QED) is 0.401. The van der Waals surface area contributed by atoms with Gasteiger partial charge in [0, 0.05) is 13.6 Å². The third-order valence-electron chi connectivity index (χ3n) is 6.17. The van der Waals surface area contributed by atoms with Crippen LogP contribution in [0.15, 0.2) is 77.7 Å². The van der Waals surface area contributed by atoms with Gasteiger partial charge in [-0.2, -0.15) is 0 Å². The largest absolute Gasteiger partial charge is 0.497 e. The number of amides is 2. The number of methoxy groups -OCH3 is 2. The van der Waals surface area contributed by atoms with Crippen molar-refractivity contribution in [1.29, 1.82) is 0 Å². The van der Waals surface area contributed by atoms with E-state index in [1.165, 1.54) is 31.2 Å². The van der Waals surface area contributed by atoms with E-state index < -0.39 is 28.5 Å². The van der Waals surface area contributed by atoms with Crippen LogP contribution in [0.1, 0.15) is 18.1 Å². The summed E-state index contributed by atoms with van der Waals surface area (Å²) in [6.45, 7) is 2.99. The SMILES string of the molecule is CNC(=O)C(C)N(Cc1ccc(OC)cc1)C(=O)CN(c1ccccc1OC)S(=O)(=O)c1ccc(C)cc1. The van der Waals surface area contributed by atoms with E-state index >= 15 is 0 Å². The van der Waals surface area contributed by atoms with E-state index in [-0.39, 0.29) is 28.8 Å². The Kier molecular flexibility index (Phi) is 9.35. The molecule has 3 aromatic rings. The fourth-order valence-electron chi connectivity index (χ4n) is 3.91. The molecular formula is C28H33N3O6S. The molecule has 0 bridgehead atoms. The van der Waals surface area contributed by atoms with Gasteiger partial charge in [0.25, 0.3) is 10.0 Å². The van der Waals surface area contributed by atoms with Crippen molar-refractivity contribution in [2.75, 3.05) is 32.1 Å². The highest BCUT2D eigenvalue weighted by molar-refractivity contribution is 7.92. The number of rotatable bonds is 11. The molecular weight excluding hydrogens is 506 g/mol. The van der Waals surface area contributed by atoms with Crippen molar-refractivity contribution < 1.29 is 27.5 Å². The van der Waals surface area contributed by atoms with Gasteiger partial charge < -0.3 is 19.7 Å². The van der Waals surface area contributed by atoms with Crippen LogP contribution >= 0.6 is 0 Å². The Labute approximate surface area is 224 Å². The zero-order chi connectivity index (χ0) is 27.9. The zero-order valence-electron chi connectivity index (χ0n) is 22.2. The predicted octanol–water partition coefficient (Wildman–Crippen LogP) is 3.37. The first-order valence-electron chi connectivity index (χ1n) is 12.0. The van der Waals surface area contributed by atoms with E-state index in [2.05, 4.69) is 5.32 Å². The monoisotopic (exact) mass is 539 g/mol. The Hall–Kier alpha value is -4.05. The molecule has 0 radical (unpaired) electrons. The van der Waals surface area contributed by atoms with Gasteiger partial charge in [0.2, 0.25) is 11.8 Å². The summed E-state index contributed by atoms with van der Waals surface area (Å²) in [7, 11) is 0.294. The summed E-state index contributed by atoms with van der Waals surface area (Å²) >= 11 is 0. The third-order valence-corrected chi connectivity index (χ3v) is 7.94. The molecule has 9 nitrogen and oxygen atoms in total. The summed E-state index contributed by atoms with van der Waals surface area (Å²) in [5.41, 5.74) is 1.86. The molecule has 0 saturated heterocycles. The fourth-order valence-corrected chi connectivity index (χ4v) is 5.33. The minimum Gasteiger partial charge on any atom is -0.497 e. The van der Waals surface area contributed by atoms with E-state index in [1.807, 2.05) is 6.92 Å². The molecule has 0 spiro atoms. The fraction of sp³-hybridized carbons (Fsp3) is 0.286. The summed E-state index contributed by atoms with van der Waals surface area (Å²) in [5.74, 6) is 0.00478. The highest BCUT2D eigenvalue weighted by Crippen LogP contribution is 2.32. The molecule has 0 aliphatic rings. The van der Waals surface area contributed by atoms with Gasteiger partial charge in [-0.1, -0.05) is 42.0 Å². The summed E-state index contributed by atoms with van der Waals surface area (Å²) in [4.78, 5) is 27.8. The van der Waals surface area contributed by atoms with Crippen LogP contribution in [0.4, 0.5) is 5.69 Å². The molecule has 0 aliphatic heterocycles. The van der Waals surface area contributed by atoms with Crippen molar-refractivity contribution in [1.82, 2.24) is 10.2 Å². The van der Waals surface area contributed by atoms with Gasteiger partial charge in [-0.15, -0.1) is 0 Å². The molecule has 2 amide bonds. The topological polar surface area (TPSA) is 105 Å². The second kappa shape index (κ2) is 12.5. The molecule has 0 heterocycles. The molecule has 1 unspecified atom stereocenters. The highest BCUT2D eigenvalue weighted by Gasteiger charge is 2.33. The average molecular weight is 540 g/mol. The average Bonchev–Trinajstić information content (AvgIpc) is 2.94. The second-order valence-electron chi connectivity index (χ2n) is 8.66. The molecule has 38 heavy (non-hydrogen) atoms. The summed E-state index contributed by atoms with van der Waals surface area (Å²) < 4.78 is 39.4. The van der Waals surface area contributed by atoms with Crippen LogP contribution in [0.5, 0.6) is 11.5 Å². The number of hydrogen-bond donors (Lipinski definition) is 1. The molecule has 0 aromatic heterocycles. The number of hydrogen-bond acceptors (Lipinski definition) is 6. The van der Waals surface area contributed by atoms with E-state index in [9.17, 15) is 18.0 Å². The summed E-state index contributed by atoms with van der Waals surface area (Å²) in [5, 5.41) is 2.56. The van der Waals surface area contributed by atoms with Crippen molar-refractivity contribution >= 4 is 27.5 Å². The van der Waals surface area contributed by atoms with Gasteiger partial charge in [0.15, 0.2) is 0 Å². The van der Waals surface area contributed by atoms with E-state index in [1.54, 1.807) is 74.7 Å². The maximum atomic E-state index is 13.9. The third kappa shape index (κ3) is 6.44. The Balaban J connectivity index is 2.05. The van der Waals surface area contributed by atoms with Crippen LogP contribution in [-0.4, -0.2) is 59.0 Å². The van der Waals surface area contributed by atoms with Gasteiger partial charge in [0.1, 0.15) is 24.1 Å². The van der Waals surface area contributed by atoms with Gasteiger partial charge in [-0.05, 0) is 55.8 Å². The molecule has 1 atom stereocenters. The molecule has 10 heteroatoms. The number of nitrogens with zero attached hydrogens (tertiary/aromatic N) is 2. The van der Waals surface area contributed by atoms with Gasteiger partial charge >= 0.3 is 0 Å². The van der Waals surface area contributed by atoms with E-state index in [0.717, 1.165) is 15.4 Å². The van der Waals surface area contributed by atoms with Crippen molar-refractivity contribution in [2.24, 2.45) is 0 Å². The minimum absolute atomic E-state index is 0.0304. The number of anilines is 1. The van der Waals surface area contributed by atoms with Crippen LogP contribution in [0.2, 0.25) is 0 Å². The number of aryl methyl sites for hydroxylation is 1.